The molecule has 0 unspecified atom stereocenters. The summed E-state index contributed by atoms with van der Waals surface area (Å²) in [6.45, 7) is 6.90. The van der Waals surface area contributed by atoms with Crippen LogP contribution in [0.3, 0.4) is 0 Å². The van der Waals surface area contributed by atoms with E-state index in [9.17, 15) is 0 Å². The summed E-state index contributed by atoms with van der Waals surface area (Å²) in [7, 11) is 2.16. The summed E-state index contributed by atoms with van der Waals surface area (Å²) in [5, 5.41) is 3.44. The van der Waals surface area contributed by atoms with Crippen molar-refractivity contribution in [1.29, 1.82) is 0 Å². The number of hydrogen-bond donors (Lipinski definition) is 1. The van der Waals surface area contributed by atoms with E-state index in [1.165, 1.54) is 38.0 Å². The first-order valence-electron chi connectivity index (χ1n) is 6.89. The molecular weight excluding hydrogens is 210 g/mol. The summed E-state index contributed by atoms with van der Waals surface area (Å²) in [4.78, 5) is 2.64. The Bertz CT molecular complexity index is 326. The summed E-state index contributed by atoms with van der Waals surface area (Å²) in [5.74, 6) is 0. The lowest BCUT2D eigenvalue weighted by Gasteiger charge is -2.35. The van der Waals surface area contributed by atoms with Gasteiger partial charge in [-0.2, -0.15) is 0 Å². The fourth-order valence-electron chi connectivity index (χ4n) is 2.73. The van der Waals surface area contributed by atoms with E-state index >= 15 is 0 Å². The lowest BCUT2D eigenvalue weighted by atomic mass is 10.0. The lowest BCUT2D eigenvalue weighted by Crippen LogP contribution is -2.45. The maximum absolute atomic E-state index is 3.44. The molecule has 0 amide bonds. The molecule has 1 fully saturated rings. The molecule has 96 valence electrons. The average molecular weight is 235 g/mol. The Morgan fingerprint density at radius 2 is 2.12 bits per heavy atom. The van der Waals surface area contributed by atoms with Crippen LogP contribution in [0.1, 0.15) is 37.9 Å². The van der Waals surface area contributed by atoms with Crippen molar-refractivity contribution in [3.63, 3.8) is 0 Å². The number of rotatable bonds is 5. The van der Waals surface area contributed by atoms with Gasteiger partial charge in [0.15, 0.2) is 0 Å². The van der Waals surface area contributed by atoms with Crippen LogP contribution in [0.15, 0.2) is 18.3 Å². The van der Waals surface area contributed by atoms with Crippen LogP contribution >= 0.6 is 0 Å². The van der Waals surface area contributed by atoms with Crippen molar-refractivity contribution in [2.75, 3.05) is 26.2 Å². The van der Waals surface area contributed by atoms with E-state index < -0.39 is 0 Å². The third kappa shape index (κ3) is 3.11. The number of aromatic nitrogens is 1. The van der Waals surface area contributed by atoms with E-state index in [-0.39, 0.29) is 0 Å². The van der Waals surface area contributed by atoms with Gasteiger partial charge in [-0.05, 0) is 18.6 Å². The van der Waals surface area contributed by atoms with Gasteiger partial charge in [0.05, 0.1) is 6.04 Å². The number of nitrogens with one attached hydrogen (secondary N) is 1. The van der Waals surface area contributed by atoms with Gasteiger partial charge in [-0.1, -0.05) is 19.8 Å². The molecule has 1 atom stereocenters. The second kappa shape index (κ2) is 6.22. The fraction of sp³-hybridized carbons (Fsp3) is 0.714. The smallest absolute Gasteiger partial charge is 0.0501 e. The van der Waals surface area contributed by atoms with E-state index in [1.807, 2.05) is 0 Å². The van der Waals surface area contributed by atoms with E-state index in [2.05, 4.69) is 47.1 Å². The van der Waals surface area contributed by atoms with Crippen LogP contribution < -0.4 is 5.32 Å². The van der Waals surface area contributed by atoms with Crippen LogP contribution in [-0.4, -0.2) is 35.6 Å². The van der Waals surface area contributed by atoms with E-state index in [1.54, 1.807) is 0 Å². The maximum atomic E-state index is 3.44. The van der Waals surface area contributed by atoms with Crippen molar-refractivity contribution in [3.05, 3.63) is 24.0 Å². The Balaban J connectivity index is 2.09. The van der Waals surface area contributed by atoms with E-state index in [0.29, 0.717) is 6.04 Å². The van der Waals surface area contributed by atoms with Crippen LogP contribution in [0.25, 0.3) is 0 Å². The van der Waals surface area contributed by atoms with Crippen molar-refractivity contribution < 1.29 is 0 Å². The highest BCUT2D eigenvalue weighted by Gasteiger charge is 2.22. The quantitative estimate of drug-likeness (QED) is 0.844. The summed E-state index contributed by atoms with van der Waals surface area (Å²) in [6, 6.07) is 5.05. The number of aryl methyl sites for hydroxylation is 1. The average Bonchev–Trinajstić information content (AvgIpc) is 2.78. The van der Waals surface area contributed by atoms with Gasteiger partial charge in [-0.15, -0.1) is 0 Å². The molecular formula is C14H25N3. The van der Waals surface area contributed by atoms with Crippen LogP contribution in [-0.2, 0) is 7.05 Å². The molecule has 0 spiro atoms. The predicted octanol–water partition coefficient (Wildman–Crippen LogP) is 2.16. The molecule has 1 N–H and O–H groups in total. The van der Waals surface area contributed by atoms with Gasteiger partial charge in [0, 0.05) is 45.1 Å². The fourth-order valence-corrected chi connectivity index (χ4v) is 2.73. The zero-order chi connectivity index (χ0) is 12.1. The summed E-state index contributed by atoms with van der Waals surface area (Å²) in [6.07, 6.45) is 6.05. The van der Waals surface area contributed by atoms with Gasteiger partial charge in [-0.25, -0.2) is 0 Å². The zero-order valence-corrected chi connectivity index (χ0v) is 11.2. The molecule has 1 aliphatic rings. The van der Waals surface area contributed by atoms with Gasteiger partial charge in [-0.3, -0.25) is 4.90 Å². The number of hydrogen-bond acceptors (Lipinski definition) is 2. The van der Waals surface area contributed by atoms with E-state index in [4.69, 9.17) is 0 Å². The first-order chi connectivity index (χ1) is 8.33. The monoisotopic (exact) mass is 235 g/mol. The minimum Gasteiger partial charge on any atom is -0.353 e. The number of unbranched alkanes of at least 4 members (excludes halogenated alkanes) is 1. The molecule has 1 aliphatic heterocycles. The van der Waals surface area contributed by atoms with Gasteiger partial charge in [0.25, 0.3) is 0 Å². The number of nitrogens with zero attached hydrogens (tertiary/aromatic N) is 2. The second-order valence-corrected chi connectivity index (χ2v) is 4.99. The first kappa shape index (κ1) is 12.7. The number of piperazine rings is 1. The molecule has 1 saturated heterocycles. The van der Waals surface area contributed by atoms with Crippen LogP contribution in [0.4, 0.5) is 0 Å². The van der Waals surface area contributed by atoms with Crippen molar-refractivity contribution >= 4 is 0 Å². The highest BCUT2D eigenvalue weighted by Crippen LogP contribution is 2.26. The minimum absolute atomic E-state index is 0.608. The van der Waals surface area contributed by atoms with Gasteiger partial charge >= 0.3 is 0 Å². The highest BCUT2D eigenvalue weighted by atomic mass is 15.2. The van der Waals surface area contributed by atoms with Crippen molar-refractivity contribution in [2.24, 2.45) is 7.05 Å². The molecule has 17 heavy (non-hydrogen) atoms. The molecule has 3 heteroatoms. The van der Waals surface area contributed by atoms with Gasteiger partial charge < -0.3 is 9.88 Å². The van der Waals surface area contributed by atoms with Gasteiger partial charge in [0.1, 0.15) is 0 Å². The molecule has 3 nitrogen and oxygen atoms in total. The van der Waals surface area contributed by atoms with Crippen molar-refractivity contribution in [1.82, 2.24) is 14.8 Å². The molecule has 0 aliphatic carbocycles. The normalized spacial score (nSPS) is 19.4. The molecule has 1 aromatic heterocycles. The van der Waals surface area contributed by atoms with Crippen LogP contribution in [0.5, 0.6) is 0 Å². The largest absolute Gasteiger partial charge is 0.353 e. The summed E-state index contributed by atoms with van der Waals surface area (Å²) < 4.78 is 2.28. The minimum atomic E-state index is 0.608. The lowest BCUT2D eigenvalue weighted by molar-refractivity contribution is 0.158. The Labute approximate surface area is 105 Å². The Hall–Kier alpha value is -0.800. The Morgan fingerprint density at radius 3 is 2.71 bits per heavy atom. The topological polar surface area (TPSA) is 20.2 Å². The van der Waals surface area contributed by atoms with Crippen LogP contribution in [0.2, 0.25) is 0 Å². The second-order valence-electron chi connectivity index (χ2n) is 4.99. The highest BCUT2D eigenvalue weighted by molar-refractivity contribution is 5.12. The molecule has 2 heterocycles. The Morgan fingerprint density at radius 1 is 1.35 bits per heavy atom. The molecule has 0 saturated carbocycles. The standard InChI is InChI=1S/C14H25N3/c1-3-4-6-14(13-7-5-10-16(13)2)17-11-8-15-9-12-17/h5,7,10,14-15H,3-4,6,8-9,11-12H2,1-2H3/t14-/m0/s1. The third-order valence-corrected chi connectivity index (χ3v) is 3.75. The van der Waals surface area contributed by atoms with Crippen molar-refractivity contribution in [2.45, 2.75) is 32.2 Å². The summed E-state index contributed by atoms with van der Waals surface area (Å²) >= 11 is 0. The Kier molecular flexibility index (Phi) is 4.63. The maximum Gasteiger partial charge on any atom is 0.0501 e. The third-order valence-electron chi connectivity index (χ3n) is 3.75. The SMILES string of the molecule is CCCC[C@@H](c1cccn1C)N1CCNCC1. The van der Waals surface area contributed by atoms with Gasteiger partial charge in [0.2, 0.25) is 0 Å². The molecule has 1 aromatic rings. The molecule has 0 aromatic carbocycles. The predicted molar refractivity (Wildman–Crippen MR) is 72.1 cm³/mol. The molecule has 0 bridgehead atoms. The zero-order valence-electron chi connectivity index (χ0n) is 11.2. The first-order valence-corrected chi connectivity index (χ1v) is 6.89. The van der Waals surface area contributed by atoms with E-state index in [0.717, 1.165) is 13.1 Å². The van der Waals surface area contributed by atoms with Crippen molar-refractivity contribution in [3.8, 4) is 0 Å². The molecule has 2 rings (SSSR count). The van der Waals surface area contributed by atoms with Crippen LogP contribution in [0, 0.1) is 0 Å². The summed E-state index contributed by atoms with van der Waals surface area (Å²) in [5.41, 5.74) is 1.47. The molecule has 0 radical (unpaired) electrons.